The summed E-state index contributed by atoms with van der Waals surface area (Å²) in [6.45, 7) is 1.92. The van der Waals surface area contributed by atoms with Gasteiger partial charge in [-0.25, -0.2) is 14.6 Å². The Balaban J connectivity index is 1.52. The van der Waals surface area contributed by atoms with E-state index < -0.39 is 18.0 Å². The minimum atomic E-state index is -0.728. The average Bonchev–Trinajstić information content (AvgIpc) is 3.78. The molecule has 1 atom stereocenters. The predicted octanol–water partition coefficient (Wildman–Crippen LogP) is 5.70. The van der Waals surface area contributed by atoms with E-state index in [-0.39, 0.29) is 12.2 Å². The summed E-state index contributed by atoms with van der Waals surface area (Å²) in [5, 5.41) is 2.33. The van der Waals surface area contributed by atoms with Crippen LogP contribution >= 0.6 is 34.3 Å². The third-order valence-electron chi connectivity index (χ3n) is 6.74. The minimum absolute atomic E-state index is 0.178. The molecule has 8 nitrogen and oxygen atoms in total. The smallest absolute Gasteiger partial charge is 0.338 e. The molecule has 0 N–H and O–H groups in total. The van der Waals surface area contributed by atoms with Gasteiger partial charge in [0.05, 0.1) is 35.1 Å². The van der Waals surface area contributed by atoms with Crippen LogP contribution in [0, 0.1) is 0 Å². The van der Waals surface area contributed by atoms with E-state index >= 15 is 0 Å². The van der Waals surface area contributed by atoms with Gasteiger partial charge in [-0.1, -0.05) is 59.3 Å². The molecule has 1 aliphatic heterocycles. The van der Waals surface area contributed by atoms with Gasteiger partial charge in [-0.3, -0.25) is 9.36 Å². The summed E-state index contributed by atoms with van der Waals surface area (Å²) in [6.07, 6.45) is 1.62. The molecule has 6 rings (SSSR count). The highest BCUT2D eigenvalue weighted by Crippen LogP contribution is 2.37. The molecule has 0 fully saturated rings. The molecule has 4 heterocycles. The largest absolute Gasteiger partial charge is 0.465 e. The highest BCUT2D eigenvalue weighted by atomic mass is 35.5. The van der Waals surface area contributed by atoms with Crippen LogP contribution in [0.1, 0.15) is 39.5 Å². The van der Waals surface area contributed by atoms with Crippen LogP contribution in [0.3, 0.4) is 0 Å². The topological polar surface area (TPSA) is 100 Å². The maximum atomic E-state index is 14.0. The number of carbonyl (C=O) groups is 2. The van der Waals surface area contributed by atoms with Crippen molar-refractivity contribution in [1.29, 1.82) is 0 Å². The summed E-state index contributed by atoms with van der Waals surface area (Å²) in [7, 11) is 1.30. The Hall–Kier alpha value is -4.51. The second kappa shape index (κ2) is 12.0. The van der Waals surface area contributed by atoms with E-state index in [9.17, 15) is 14.4 Å². The van der Waals surface area contributed by atoms with Crippen molar-refractivity contribution in [2.45, 2.75) is 13.0 Å². The first kappa shape index (κ1) is 28.6. The Morgan fingerprint density at radius 1 is 1.07 bits per heavy atom. The van der Waals surface area contributed by atoms with Crippen molar-refractivity contribution in [1.82, 2.24) is 4.57 Å². The summed E-state index contributed by atoms with van der Waals surface area (Å²) in [4.78, 5) is 45.9. The van der Waals surface area contributed by atoms with Gasteiger partial charge < -0.3 is 13.9 Å². The van der Waals surface area contributed by atoms with Crippen LogP contribution in [0.4, 0.5) is 0 Å². The number of hydrogen-bond donors (Lipinski definition) is 0. The number of thiazole rings is 1. The van der Waals surface area contributed by atoms with Crippen molar-refractivity contribution in [3.8, 4) is 11.3 Å². The first-order valence-electron chi connectivity index (χ1n) is 13.2. The highest BCUT2D eigenvalue weighted by molar-refractivity contribution is 7.10. The first-order chi connectivity index (χ1) is 20.9. The van der Waals surface area contributed by atoms with Crippen LogP contribution in [0.15, 0.2) is 98.0 Å². The van der Waals surface area contributed by atoms with Crippen LogP contribution in [-0.2, 0) is 14.3 Å². The molecule has 2 aromatic carbocycles. The zero-order valence-corrected chi connectivity index (χ0v) is 25.3. The van der Waals surface area contributed by atoms with Crippen molar-refractivity contribution >= 4 is 58.0 Å². The lowest BCUT2D eigenvalue weighted by Gasteiger charge is -2.24. The van der Waals surface area contributed by atoms with Crippen LogP contribution < -0.4 is 14.9 Å². The molecule has 0 spiro atoms. The van der Waals surface area contributed by atoms with Gasteiger partial charge in [0.15, 0.2) is 4.80 Å². The molecule has 0 bridgehead atoms. The van der Waals surface area contributed by atoms with Gasteiger partial charge in [0.1, 0.15) is 17.6 Å². The van der Waals surface area contributed by atoms with E-state index in [2.05, 4.69) is 0 Å². The third kappa shape index (κ3) is 5.40. The molecule has 0 aliphatic carbocycles. The summed E-state index contributed by atoms with van der Waals surface area (Å²) in [5.74, 6) is -0.291. The highest BCUT2D eigenvalue weighted by Gasteiger charge is 2.35. The third-order valence-corrected chi connectivity index (χ3v) is 8.88. The number of methoxy groups -OCH3 is 1. The second-order valence-electron chi connectivity index (χ2n) is 9.33. The number of ether oxygens (including phenoxy) is 2. The van der Waals surface area contributed by atoms with Gasteiger partial charge in [-0.05, 0) is 48.7 Å². The number of benzene rings is 2. The van der Waals surface area contributed by atoms with Crippen LogP contribution in [0.5, 0.6) is 0 Å². The number of hydrogen-bond acceptors (Lipinski definition) is 9. The van der Waals surface area contributed by atoms with Crippen molar-refractivity contribution in [2.24, 2.45) is 4.99 Å². The molecule has 0 amide bonds. The molecule has 0 radical (unpaired) electrons. The Morgan fingerprint density at radius 3 is 2.60 bits per heavy atom. The van der Waals surface area contributed by atoms with E-state index in [0.29, 0.717) is 48.3 Å². The zero-order chi connectivity index (χ0) is 30.1. The van der Waals surface area contributed by atoms with Crippen LogP contribution in [-0.4, -0.2) is 30.2 Å². The maximum Gasteiger partial charge on any atom is 0.338 e. The number of furan rings is 1. The van der Waals surface area contributed by atoms with Crippen molar-refractivity contribution < 1.29 is 23.5 Å². The number of carbonyl (C=O) groups excluding carboxylic acids is 2. The lowest BCUT2D eigenvalue weighted by atomic mass is 9.97. The monoisotopic (exact) mass is 630 g/mol. The van der Waals surface area contributed by atoms with E-state index in [0.717, 1.165) is 10.4 Å². The fourth-order valence-corrected chi connectivity index (χ4v) is 6.85. The van der Waals surface area contributed by atoms with Gasteiger partial charge in [0.2, 0.25) is 0 Å². The summed E-state index contributed by atoms with van der Waals surface area (Å²) < 4.78 is 18.3. The fourth-order valence-electron chi connectivity index (χ4n) is 4.87. The van der Waals surface area contributed by atoms with Gasteiger partial charge in [0.25, 0.3) is 5.56 Å². The van der Waals surface area contributed by atoms with Gasteiger partial charge in [-0.15, -0.1) is 11.3 Å². The molecule has 0 saturated carbocycles. The van der Waals surface area contributed by atoms with Crippen LogP contribution in [0.2, 0.25) is 5.02 Å². The molecule has 1 aliphatic rings. The Labute approximate surface area is 258 Å². The van der Waals surface area contributed by atoms with E-state index in [1.54, 1.807) is 43.3 Å². The molecule has 5 aromatic rings. The van der Waals surface area contributed by atoms with E-state index in [1.807, 2.05) is 47.8 Å². The normalized spacial score (nSPS) is 14.8. The lowest BCUT2D eigenvalue weighted by molar-refractivity contribution is -0.138. The first-order valence-corrected chi connectivity index (χ1v) is 15.3. The second-order valence-corrected chi connectivity index (χ2v) is 11.8. The minimum Gasteiger partial charge on any atom is -0.465 e. The summed E-state index contributed by atoms with van der Waals surface area (Å²) >= 11 is 8.84. The van der Waals surface area contributed by atoms with Gasteiger partial charge in [0, 0.05) is 27.1 Å². The molecule has 3 aromatic heterocycles. The SMILES string of the molecule is CCOC(=O)C1=C(c2ccccc2)N=c2s/c(=C/c3ccc(-c4cc(Cl)ccc4C(=O)OC)o3)c(=O)n2[C@H]1c1cccs1. The summed E-state index contributed by atoms with van der Waals surface area (Å²) in [5.41, 5.74) is 1.93. The van der Waals surface area contributed by atoms with E-state index in [1.165, 1.54) is 34.4 Å². The molecule has 11 heteroatoms. The lowest BCUT2D eigenvalue weighted by Crippen LogP contribution is -2.39. The number of halogens is 1. The molecular weight excluding hydrogens is 608 g/mol. The van der Waals surface area contributed by atoms with Crippen molar-refractivity contribution in [3.63, 3.8) is 0 Å². The molecule has 216 valence electrons. The Bertz CT molecular complexity index is 2060. The number of fused-ring (bicyclic) bond motifs is 1. The maximum absolute atomic E-state index is 14.0. The average molecular weight is 631 g/mol. The Morgan fingerprint density at radius 2 is 1.88 bits per heavy atom. The number of nitrogens with zero attached hydrogens (tertiary/aromatic N) is 2. The molecular formula is C32H23ClN2O6S2. The number of thiophene rings is 1. The molecule has 0 saturated heterocycles. The van der Waals surface area contributed by atoms with Crippen molar-refractivity contribution in [2.75, 3.05) is 13.7 Å². The number of aromatic nitrogens is 1. The number of esters is 2. The Kier molecular flexibility index (Phi) is 7.98. The van der Waals surface area contributed by atoms with Crippen molar-refractivity contribution in [3.05, 3.63) is 130 Å². The summed E-state index contributed by atoms with van der Waals surface area (Å²) in [6, 6.07) is 20.6. The quantitative estimate of drug-likeness (QED) is 0.214. The van der Waals surface area contributed by atoms with Gasteiger partial charge in [-0.2, -0.15) is 0 Å². The number of rotatable bonds is 7. The standard InChI is InChI=1S/C32H23ClN2O6S2/c1-3-40-31(38)26-27(18-8-5-4-6-9-18)34-32-35(28(26)24-10-7-15-42-24)29(36)25(43-32)17-20-12-14-23(41-20)22-16-19(33)11-13-21(22)30(37)39-2/h4-17,28H,3H2,1-2H3/b25-17+/t28-/m0/s1. The molecule has 43 heavy (non-hydrogen) atoms. The van der Waals surface area contributed by atoms with Crippen LogP contribution in [0.25, 0.3) is 23.1 Å². The van der Waals surface area contributed by atoms with E-state index in [4.69, 9.17) is 30.5 Å². The zero-order valence-electron chi connectivity index (χ0n) is 22.9. The molecule has 0 unspecified atom stereocenters. The fraction of sp³-hybridized carbons (Fsp3) is 0.125. The predicted molar refractivity (Wildman–Crippen MR) is 166 cm³/mol. The van der Waals surface area contributed by atoms with Gasteiger partial charge >= 0.3 is 11.9 Å².